The molecule has 1 heterocycles. The van der Waals surface area contributed by atoms with Gasteiger partial charge in [-0.05, 0) is 25.2 Å². The average molecular weight is 307 g/mol. The van der Waals surface area contributed by atoms with Crippen molar-refractivity contribution in [1.29, 1.82) is 0 Å². The number of benzene rings is 1. The van der Waals surface area contributed by atoms with Gasteiger partial charge in [-0.15, -0.1) is 0 Å². The Morgan fingerprint density at radius 3 is 2.62 bits per heavy atom. The van der Waals surface area contributed by atoms with Gasteiger partial charge >= 0.3 is 0 Å². The number of nitrogens with zero attached hydrogens (tertiary/aromatic N) is 1. The molecule has 0 atom stereocenters. The Kier molecular flexibility index (Phi) is 4.77. The molecule has 0 aliphatic carbocycles. The maximum atomic E-state index is 11.9. The lowest BCUT2D eigenvalue weighted by Crippen LogP contribution is -2.20. The molecule has 0 fully saturated rings. The highest BCUT2D eigenvalue weighted by Crippen LogP contribution is 2.21. The number of rotatable bonds is 6. The van der Waals surface area contributed by atoms with Crippen LogP contribution in [0.25, 0.3) is 0 Å². The zero-order valence-electron chi connectivity index (χ0n) is 11.8. The van der Waals surface area contributed by atoms with E-state index < -0.39 is 10.0 Å². The van der Waals surface area contributed by atoms with Crippen molar-refractivity contribution in [2.75, 3.05) is 19.5 Å². The first-order valence-electron chi connectivity index (χ1n) is 6.33. The van der Waals surface area contributed by atoms with Crippen molar-refractivity contribution in [3.8, 4) is 5.88 Å². The normalized spacial score (nSPS) is 11.1. The summed E-state index contributed by atoms with van der Waals surface area (Å²) in [5.41, 5.74) is 1.28. The number of sulfonamides is 1. The van der Waals surface area contributed by atoms with Gasteiger partial charge in [0.1, 0.15) is 4.90 Å². The first-order chi connectivity index (χ1) is 10.1. The largest absolute Gasteiger partial charge is 0.481 e. The van der Waals surface area contributed by atoms with E-state index in [1.54, 1.807) is 37.4 Å². The molecular weight excluding hydrogens is 290 g/mol. The maximum Gasteiger partial charge on any atom is 0.242 e. The molecule has 0 saturated carbocycles. The highest BCUT2D eigenvalue weighted by molar-refractivity contribution is 7.89. The molecule has 6 nitrogen and oxygen atoms in total. The third-order valence-corrected chi connectivity index (χ3v) is 4.37. The van der Waals surface area contributed by atoms with Crippen LogP contribution in [0.2, 0.25) is 0 Å². The summed E-state index contributed by atoms with van der Waals surface area (Å²) in [6.07, 6.45) is 0. The van der Waals surface area contributed by atoms with E-state index in [2.05, 4.69) is 15.0 Å². The standard InChI is InChI=1S/C14H17N3O3S/c1-15-21(18,19)13-8-4-3-7-12(13)16-10-11-6-5-9-14(17-11)20-2/h3-9,15-16H,10H2,1-2H3. The predicted molar refractivity (Wildman–Crippen MR) is 80.8 cm³/mol. The molecule has 21 heavy (non-hydrogen) atoms. The third kappa shape index (κ3) is 3.71. The Bertz CT molecular complexity index is 717. The fourth-order valence-corrected chi connectivity index (χ4v) is 2.72. The Balaban J connectivity index is 2.21. The number of aromatic nitrogens is 1. The Labute approximate surface area is 124 Å². The predicted octanol–water partition coefficient (Wildman–Crippen LogP) is 1.61. The summed E-state index contributed by atoms with van der Waals surface area (Å²) in [6, 6.07) is 12.1. The summed E-state index contributed by atoms with van der Waals surface area (Å²) < 4.78 is 31.3. The van der Waals surface area contributed by atoms with Gasteiger partial charge in [-0.2, -0.15) is 0 Å². The van der Waals surface area contributed by atoms with E-state index in [1.807, 2.05) is 12.1 Å². The minimum Gasteiger partial charge on any atom is -0.481 e. The summed E-state index contributed by atoms with van der Waals surface area (Å²) >= 11 is 0. The molecule has 112 valence electrons. The number of hydrogen-bond donors (Lipinski definition) is 2. The molecule has 1 aromatic heterocycles. The van der Waals surface area contributed by atoms with Crippen LogP contribution < -0.4 is 14.8 Å². The molecule has 2 N–H and O–H groups in total. The molecule has 0 unspecified atom stereocenters. The van der Waals surface area contributed by atoms with Gasteiger partial charge in [-0.3, -0.25) is 0 Å². The van der Waals surface area contributed by atoms with Crippen LogP contribution >= 0.6 is 0 Å². The molecule has 0 aliphatic rings. The monoisotopic (exact) mass is 307 g/mol. The van der Waals surface area contributed by atoms with Gasteiger partial charge in [0.15, 0.2) is 0 Å². The van der Waals surface area contributed by atoms with Crippen molar-refractivity contribution in [2.24, 2.45) is 0 Å². The fraction of sp³-hybridized carbons (Fsp3) is 0.214. The summed E-state index contributed by atoms with van der Waals surface area (Å²) in [5.74, 6) is 0.519. The molecule has 2 rings (SSSR count). The number of para-hydroxylation sites is 1. The lowest BCUT2D eigenvalue weighted by atomic mass is 10.3. The van der Waals surface area contributed by atoms with Crippen LogP contribution in [0.5, 0.6) is 5.88 Å². The second kappa shape index (κ2) is 6.55. The van der Waals surface area contributed by atoms with E-state index in [9.17, 15) is 8.42 Å². The highest BCUT2D eigenvalue weighted by atomic mass is 32.2. The minimum absolute atomic E-state index is 0.204. The molecule has 0 radical (unpaired) electrons. The Hall–Kier alpha value is -2.12. The zero-order valence-corrected chi connectivity index (χ0v) is 12.6. The van der Waals surface area contributed by atoms with Gasteiger partial charge in [0.2, 0.25) is 15.9 Å². The van der Waals surface area contributed by atoms with Crippen LogP contribution in [0.4, 0.5) is 5.69 Å². The molecule has 1 aromatic carbocycles. The van der Waals surface area contributed by atoms with Crippen molar-refractivity contribution < 1.29 is 13.2 Å². The molecule has 0 spiro atoms. The van der Waals surface area contributed by atoms with Gasteiger partial charge in [-0.1, -0.05) is 18.2 Å². The van der Waals surface area contributed by atoms with Crippen LogP contribution in [-0.2, 0) is 16.6 Å². The van der Waals surface area contributed by atoms with Crippen LogP contribution in [0.3, 0.4) is 0 Å². The van der Waals surface area contributed by atoms with Gasteiger partial charge in [0.25, 0.3) is 0 Å². The lowest BCUT2D eigenvalue weighted by Gasteiger charge is -2.12. The second-order valence-corrected chi connectivity index (χ2v) is 6.08. The van der Waals surface area contributed by atoms with Crippen LogP contribution in [0.15, 0.2) is 47.4 Å². The van der Waals surface area contributed by atoms with Crippen molar-refractivity contribution in [3.63, 3.8) is 0 Å². The average Bonchev–Trinajstić information content (AvgIpc) is 2.53. The van der Waals surface area contributed by atoms with Crippen molar-refractivity contribution in [3.05, 3.63) is 48.2 Å². The minimum atomic E-state index is -3.50. The van der Waals surface area contributed by atoms with Gasteiger partial charge < -0.3 is 10.1 Å². The highest BCUT2D eigenvalue weighted by Gasteiger charge is 2.15. The molecule has 2 aromatic rings. The Morgan fingerprint density at radius 2 is 1.90 bits per heavy atom. The number of nitrogens with one attached hydrogen (secondary N) is 2. The van der Waals surface area contributed by atoms with E-state index in [-0.39, 0.29) is 4.90 Å². The van der Waals surface area contributed by atoms with Crippen molar-refractivity contribution in [2.45, 2.75) is 11.4 Å². The van der Waals surface area contributed by atoms with E-state index in [4.69, 9.17) is 4.74 Å². The molecule has 0 bridgehead atoms. The van der Waals surface area contributed by atoms with Crippen molar-refractivity contribution >= 4 is 15.7 Å². The van der Waals surface area contributed by atoms with E-state index >= 15 is 0 Å². The van der Waals surface area contributed by atoms with E-state index in [0.29, 0.717) is 18.1 Å². The number of methoxy groups -OCH3 is 1. The molecule has 0 saturated heterocycles. The van der Waals surface area contributed by atoms with Gasteiger partial charge in [0.05, 0.1) is 25.0 Å². The Morgan fingerprint density at radius 1 is 1.14 bits per heavy atom. The topological polar surface area (TPSA) is 80.3 Å². The third-order valence-electron chi connectivity index (χ3n) is 2.90. The lowest BCUT2D eigenvalue weighted by molar-refractivity contribution is 0.396. The van der Waals surface area contributed by atoms with Crippen LogP contribution in [0.1, 0.15) is 5.69 Å². The first kappa shape index (κ1) is 15.3. The number of ether oxygens (including phenoxy) is 1. The smallest absolute Gasteiger partial charge is 0.242 e. The number of pyridine rings is 1. The number of anilines is 1. The quantitative estimate of drug-likeness (QED) is 0.847. The molecule has 0 amide bonds. The molecule has 0 aliphatic heterocycles. The summed E-state index contributed by atoms with van der Waals surface area (Å²) in [7, 11) is -0.569. The van der Waals surface area contributed by atoms with Crippen LogP contribution in [-0.4, -0.2) is 27.6 Å². The van der Waals surface area contributed by atoms with Crippen molar-refractivity contribution in [1.82, 2.24) is 9.71 Å². The summed E-state index contributed by atoms with van der Waals surface area (Å²) in [5, 5.41) is 3.08. The maximum absolute atomic E-state index is 11.9. The van der Waals surface area contributed by atoms with Gasteiger partial charge in [-0.25, -0.2) is 18.1 Å². The van der Waals surface area contributed by atoms with E-state index in [1.165, 1.54) is 7.05 Å². The SMILES string of the molecule is CNS(=O)(=O)c1ccccc1NCc1cccc(OC)n1. The van der Waals surface area contributed by atoms with E-state index in [0.717, 1.165) is 5.69 Å². The second-order valence-electron chi connectivity index (χ2n) is 4.23. The summed E-state index contributed by atoms with van der Waals surface area (Å²) in [6.45, 7) is 0.396. The fourth-order valence-electron chi connectivity index (χ4n) is 1.81. The van der Waals surface area contributed by atoms with Gasteiger partial charge in [0, 0.05) is 6.07 Å². The van der Waals surface area contributed by atoms with Crippen LogP contribution in [0, 0.1) is 0 Å². The first-order valence-corrected chi connectivity index (χ1v) is 7.81. The molecule has 7 heteroatoms. The summed E-state index contributed by atoms with van der Waals surface area (Å²) in [4.78, 5) is 4.47. The molecular formula is C14H17N3O3S. The number of hydrogen-bond acceptors (Lipinski definition) is 5. The zero-order chi connectivity index (χ0) is 15.3.